The van der Waals surface area contributed by atoms with E-state index in [1.807, 2.05) is 13.8 Å². The summed E-state index contributed by atoms with van der Waals surface area (Å²) in [4.78, 5) is 31.2. The fraction of sp³-hybridized carbons (Fsp3) is 0.278. The van der Waals surface area contributed by atoms with Crippen LogP contribution in [0.15, 0.2) is 30.6 Å². The minimum absolute atomic E-state index is 0.133. The Labute approximate surface area is 155 Å². The van der Waals surface area contributed by atoms with Gasteiger partial charge in [-0.2, -0.15) is 10.1 Å². The van der Waals surface area contributed by atoms with Gasteiger partial charge in [0.1, 0.15) is 12.1 Å². The lowest BCUT2D eigenvalue weighted by atomic mass is 10.1. The Morgan fingerprint density at radius 2 is 1.96 bits per heavy atom. The summed E-state index contributed by atoms with van der Waals surface area (Å²) in [6.07, 6.45) is 2.28. The standard InChI is InChI=1S/C18H19N5O4/c1-11-15(12(2)23-18(21-11)19-10-20-23)7-8-16(24)22-13-3-5-14(6-4-13)27-9-17(25)26/h3-6,10H,7-9H2,1-2H3,(H,22,24)(H,25,26). The van der Waals surface area contributed by atoms with Crippen LogP contribution in [0.3, 0.4) is 0 Å². The fourth-order valence-electron chi connectivity index (χ4n) is 2.76. The number of aliphatic carboxylic acids is 1. The lowest BCUT2D eigenvalue weighted by Gasteiger charge is -2.11. The number of rotatable bonds is 7. The first-order valence-corrected chi connectivity index (χ1v) is 8.34. The number of carbonyl (C=O) groups excluding carboxylic acids is 1. The van der Waals surface area contributed by atoms with Gasteiger partial charge in [0.2, 0.25) is 5.91 Å². The first kappa shape index (κ1) is 18.3. The van der Waals surface area contributed by atoms with Crippen LogP contribution >= 0.6 is 0 Å². The zero-order chi connectivity index (χ0) is 19.4. The summed E-state index contributed by atoms with van der Waals surface area (Å²) < 4.78 is 6.72. The van der Waals surface area contributed by atoms with E-state index in [2.05, 4.69) is 20.4 Å². The smallest absolute Gasteiger partial charge is 0.341 e. The molecule has 0 spiro atoms. The summed E-state index contributed by atoms with van der Waals surface area (Å²) in [6, 6.07) is 6.54. The lowest BCUT2D eigenvalue weighted by Crippen LogP contribution is -2.14. The van der Waals surface area contributed by atoms with E-state index in [4.69, 9.17) is 9.84 Å². The Kier molecular flexibility index (Phi) is 5.30. The van der Waals surface area contributed by atoms with E-state index in [0.29, 0.717) is 30.1 Å². The van der Waals surface area contributed by atoms with Crippen LogP contribution < -0.4 is 10.1 Å². The van der Waals surface area contributed by atoms with Gasteiger partial charge in [-0.3, -0.25) is 4.79 Å². The second-order valence-corrected chi connectivity index (χ2v) is 5.99. The summed E-state index contributed by atoms with van der Waals surface area (Å²) in [6.45, 7) is 3.42. The van der Waals surface area contributed by atoms with Crippen molar-refractivity contribution in [2.75, 3.05) is 11.9 Å². The molecule has 1 amide bonds. The molecule has 3 aromatic rings. The molecular formula is C18H19N5O4. The number of carboxylic acid groups (broad SMARTS) is 1. The molecule has 0 aliphatic carbocycles. The van der Waals surface area contributed by atoms with Gasteiger partial charge in [-0.1, -0.05) is 0 Å². The van der Waals surface area contributed by atoms with Crippen LogP contribution in [0.1, 0.15) is 23.4 Å². The number of ether oxygens (including phenoxy) is 1. The van der Waals surface area contributed by atoms with Crippen molar-refractivity contribution in [1.82, 2.24) is 19.6 Å². The van der Waals surface area contributed by atoms with Crippen molar-refractivity contribution in [3.05, 3.63) is 47.5 Å². The zero-order valence-corrected chi connectivity index (χ0v) is 15.0. The lowest BCUT2D eigenvalue weighted by molar-refractivity contribution is -0.139. The normalized spacial score (nSPS) is 10.7. The molecular weight excluding hydrogens is 350 g/mol. The van der Waals surface area contributed by atoms with Crippen LogP contribution in [-0.2, 0) is 16.0 Å². The predicted octanol–water partition coefficient (Wildman–Crippen LogP) is 1.78. The maximum absolute atomic E-state index is 12.2. The van der Waals surface area contributed by atoms with Crippen molar-refractivity contribution >= 4 is 23.3 Å². The van der Waals surface area contributed by atoms with Gasteiger partial charge in [-0.15, -0.1) is 0 Å². The molecule has 0 unspecified atom stereocenters. The van der Waals surface area contributed by atoms with Crippen molar-refractivity contribution in [3.63, 3.8) is 0 Å². The third-order valence-corrected chi connectivity index (χ3v) is 4.09. The Bertz CT molecular complexity index is 981. The molecule has 0 saturated heterocycles. The number of benzene rings is 1. The third kappa shape index (κ3) is 4.38. The molecule has 2 aromatic heterocycles. The van der Waals surface area contributed by atoms with Crippen LogP contribution in [0.4, 0.5) is 5.69 Å². The van der Waals surface area contributed by atoms with Gasteiger partial charge in [0, 0.05) is 23.5 Å². The summed E-state index contributed by atoms with van der Waals surface area (Å²) in [5, 5.41) is 15.5. The van der Waals surface area contributed by atoms with E-state index in [1.54, 1.807) is 28.8 Å². The topological polar surface area (TPSA) is 119 Å². The van der Waals surface area contributed by atoms with E-state index < -0.39 is 12.6 Å². The minimum Gasteiger partial charge on any atom is -0.482 e. The number of amides is 1. The largest absolute Gasteiger partial charge is 0.482 e. The van der Waals surface area contributed by atoms with Gasteiger partial charge in [0.25, 0.3) is 5.78 Å². The number of nitrogens with zero attached hydrogens (tertiary/aromatic N) is 4. The number of anilines is 1. The molecule has 9 heteroatoms. The molecule has 0 bridgehead atoms. The first-order chi connectivity index (χ1) is 12.9. The Hall–Kier alpha value is -3.49. The average molecular weight is 369 g/mol. The first-order valence-electron chi connectivity index (χ1n) is 8.34. The number of hydrogen-bond donors (Lipinski definition) is 2. The van der Waals surface area contributed by atoms with Gasteiger partial charge in [0.15, 0.2) is 6.61 Å². The second kappa shape index (κ2) is 7.81. The highest BCUT2D eigenvalue weighted by atomic mass is 16.5. The second-order valence-electron chi connectivity index (χ2n) is 5.99. The predicted molar refractivity (Wildman–Crippen MR) is 96.8 cm³/mol. The molecule has 9 nitrogen and oxygen atoms in total. The molecule has 0 saturated carbocycles. The van der Waals surface area contributed by atoms with E-state index in [1.165, 1.54) is 6.33 Å². The number of hydrogen-bond acceptors (Lipinski definition) is 6. The van der Waals surface area contributed by atoms with Crippen molar-refractivity contribution in [2.24, 2.45) is 0 Å². The average Bonchev–Trinajstić information content (AvgIpc) is 3.09. The molecule has 0 fully saturated rings. The quantitative estimate of drug-likeness (QED) is 0.651. The van der Waals surface area contributed by atoms with E-state index in [-0.39, 0.29) is 5.91 Å². The molecule has 0 aliphatic rings. The number of carboxylic acids is 1. The van der Waals surface area contributed by atoms with Crippen molar-refractivity contribution < 1.29 is 19.4 Å². The molecule has 140 valence electrons. The summed E-state index contributed by atoms with van der Waals surface area (Å²) in [7, 11) is 0. The fourth-order valence-corrected chi connectivity index (χ4v) is 2.76. The molecule has 2 heterocycles. The number of fused-ring (bicyclic) bond motifs is 1. The van der Waals surface area contributed by atoms with E-state index in [9.17, 15) is 9.59 Å². The third-order valence-electron chi connectivity index (χ3n) is 4.09. The molecule has 0 radical (unpaired) electrons. The molecule has 0 atom stereocenters. The zero-order valence-electron chi connectivity index (χ0n) is 15.0. The van der Waals surface area contributed by atoms with Crippen molar-refractivity contribution in [3.8, 4) is 5.75 Å². The Morgan fingerprint density at radius 1 is 1.22 bits per heavy atom. The number of aryl methyl sites for hydroxylation is 2. The number of nitrogens with one attached hydrogen (secondary N) is 1. The van der Waals surface area contributed by atoms with Gasteiger partial charge in [-0.05, 0) is 50.1 Å². The van der Waals surface area contributed by atoms with E-state index >= 15 is 0 Å². The van der Waals surface area contributed by atoms with Crippen LogP contribution in [-0.4, -0.2) is 43.2 Å². The van der Waals surface area contributed by atoms with Gasteiger partial charge >= 0.3 is 5.97 Å². The van der Waals surface area contributed by atoms with Crippen molar-refractivity contribution in [1.29, 1.82) is 0 Å². The molecule has 1 aromatic carbocycles. The molecule has 0 aliphatic heterocycles. The van der Waals surface area contributed by atoms with Gasteiger partial charge < -0.3 is 15.2 Å². The number of carbonyl (C=O) groups is 2. The maximum atomic E-state index is 12.2. The molecule has 27 heavy (non-hydrogen) atoms. The highest BCUT2D eigenvalue weighted by molar-refractivity contribution is 5.90. The Balaban J connectivity index is 1.59. The Morgan fingerprint density at radius 3 is 2.67 bits per heavy atom. The monoisotopic (exact) mass is 369 g/mol. The summed E-state index contributed by atoms with van der Waals surface area (Å²) in [5.41, 5.74) is 3.34. The minimum atomic E-state index is -1.04. The van der Waals surface area contributed by atoms with Crippen LogP contribution in [0, 0.1) is 13.8 Å². The van der Waals surface area contributed by atoms with Crippen molar-refractivity contribution in [2.45, 2.75) is 26.7 Å². The number of aromatic nitrogens is 4. The van der Waals surface area contributed by atoms with Crippen LogP contribution in [0.5, 0.6) is 5.75 Å². The van der Waals surface area contributed by atoms with E-state index in [0.717, 1.165) is 17.0 Å². The maximum Gasteiger partial charge on any atom is 0.341 e. The molecule has 3 rings (SSSR count). The summed E-state index contributed by atoms with van der Waals surface area (Å²) in [5.74, 6) is -0.208. The highest BCUT2D eigenvalue weighted by Crippen LogP contribution is 2.18. The molecule has 2 N–H and O–H groups in total. The van der Waals surface area contributed by atoms with Gasteiger partial charge in [-0.25, -0.2) is 14.3 Å². The summed E-state index contributed by atoms with van der Waals surface area (Å²) >= 11 is 0. The van der Waals surface area contributed by atoms with Gasteiger partial charge in [0.05, 0.1) is 0 Å². The SMILES string of the molecule is Cc1nc2ncnn2c(C)c1CCC(=O)Nc1ccc(OCC(=O)O)cc1. The van der Waals surface area contributed by atoms with Crippen LogP contribution in [0.25, 0.3) is 5.78 Å². The van der Waals surface area contributed by atoms with Crippen LogP contribution in [0.2, 0.25) is 0 Å². The highest BCUT2D eigenvalue weighted by Gasteiger charge is 2.12.